The second-order valence-corrected chi connectivity index (χ2v) is 6.59. The number of hydrogen-bond donors (Lipinski definition) is 0. The highest BCUT2D eigenvalue weighted by molar-refractivity contribution is 7.11. The Morgan fingerprint density at radius 1 is 1.24 bits per heavy atom. The Morgan fingerprint density at radius 2 is 2.00 bits per heavy atom. The first-order chi connectivity index (χ1) is 10.1. The SMILES string of the molecule is Cc1nc(C(Cn2cncn2)c2ccc(Cl)cc2)sc1C. The van der Waals surface area contributed by atoms with Crippen LogP contribution in [0.5, 0.6) is 0 Å². The average molecular weight is 319 g/mol. The van der Waals surface area contributed by atoms with Gasteiger partial charge in [-0.05, 0) is 31.5 Å². The second kappa shape index (κ2) is 5.95. The third kappa shape index (κ3) is 3.14. The van der Waals surface area contributed by atoms with Crippen LogP contribution in [0.15, 0.2) is 36.9 Å². The van der Waals surface area contributed by atoms with E-state index in [1.165, 1.54) is 10.4 Å². The van der Waals surface area contributed by atoms with Gasteiger partial charge in [0.1, 0.15) is 17.7 Å². The van der Waals surface area contributed by atoms with Crippen LogP contribution in [0.1, 0.15) is 27.1 Å². The standard InChI is InChI=1S/C15H15ClN4S/c1-10-11(2)21-15(19-10)14(7-20-9-17-8-18-20)12-3-5-13(16)6-4-12/h3-6,8-9,14H,7H2,1-2H3. The summed E-state index contributed by atoms with van der Waals surface area (Å²) >= 11 is 7.73. The third-order valence-corrected chi connectivity index (χ3v) is 4.89. The maximum Gasteiger partial charge on any atom is 0.137 e. The number of rotatable bonds is 4. The van der Waals surface area contributed by atoms with E-state index < -0.39 is 0 Å². The molecule has 0 radical (unpaired) electrons. The first-order valence-electron chi connectivity index (χ1n) is 6.65. The monoisotopic (exact) mass is 318 g/mol. The largest absolute Gasteiger partial charge is 0.252 e. The Hall–Kier alpha value is -1.72. The van der Waals surface area contributed by atoms with E-state index in [1.54, 1.807) is 24.0 Å². The van der Waals surface area contributed by atoms with E-state index in [4.69, 9.17) is 16.6 Å². The van der Waals surface area contributed by atoms with Crippen molar-refractivity contribution in [1.29, 1.82) is 0 Å². The van der Waals surface area contributed by atoms with Crippen molar-refractivity contribution in [1.82, 2.24) is 19.7 Å². The molecule has 1 aromatic carbocycles. The van der Waals surface area contributed by atoms with Gasteiger partial charge in [-0.15, -0.1) is 11.3 Å². The molecule has 1 atom stereocenters. The molecule has 0 spiro atoms. The quantitative estimate of drug-likeness (QED) is 0.734. The summed E-state index contributed by atoms with van der Waals surface area (Å²) in [4.78, 5) is 9.98. The van der Waals surface area contributed by atoms with Crippen LogP contribution in [0.25, 0.3) is 0 Å². The van der Waals surface area contributed by atoms with E-state index in [0.29, 0.717) is 6.54 Å². The zero-order valence-corrected chi connectivity index (χ0v) is 13.4. The zero-order chi connectivity index (χ0) is 14.8. The van der Waals surface area contributed by atoms with E-state index in [2.05, 4.69) is 29.1 Å². The summed E-state index contributed by atoms with van der Waals surface area (Å²) in [5, 5.41) is 6.05. The number of aromatic nitrogens is 4. The van der Waals surface area contributed by atoms with Crippen LogP contribution >= 0.6 is 22.9 Å². The van der Waals surface area contributed by atoms with Crippen molar-refractivity contribution in [3.8, 4) is 0 Å². The smallest absolute Gasteiger partial charge is 0.137 e. The molecule has 0 aliphatic carbocycles. The van der Waals surface area contributed by atoms with Crippen LogP contribution in [0, 0.1) is 13.8 Å². The lowest BCUT2D eigenvalue weighted by Crippen LogP contribution is -2.11. The Kier molecular flexibility index (Phi) is 4.03. The Morgan fingerprint density at radius 3 is 2.57 bits per heavy atom. The fourth-order valence-corrected chi connectivity index (χ4v) is 3.35. The Labute approximate surface area is 132 Å². The van der Waals surface area contributed by atoms with E-state index in [9.17, 15) is 0 Å². The summed E-state index contributed by atoms with van der Waals surface area (Å²) < 4.78 is 1.84. The lowest BCUT2D eigenvalue weighted by atomic mass is 10.00. The van der Waals surface area contributed by atoms with Crippen LogP contribution in [0.4, 0.5) is 0 Å². The van der Waals surface area contributed by atoms with Crippen LogP contribution in [0.3, 0.4) is 0 Å². The highest BCUT2D eigenvalue weighted by atomic mass is 35.5. The van der Waals surface area contributed by atoms with Gasteiger partial charge in [0.2, 0.25) is 0 Å². The molecule has 0 saturated carbocycles. The molecule has 108 valence electrons. The van der Waals surface area contributed by atoms with Gasteiger partial charge in [-0.2, -0.15) is 5.10 Å². The second-order valence-electron chi connectivity index (χ2n) is 4.92. The molecule has 3 aromatic rings. The maximum absolute atomic E-state index is 5.99. The number of aryl methyl sites for hydroxylation is 2. The highest BCUT2D eigenvalue weighted by Crippen LogP contribution is 2.31. The average Bonchev–Trinajstić information content (AvgIpc) is 3.08. The van der Waals surface area contributed by atoms with Gasteiger partial charge >= 0.3 is 0 Å². The van der Waals surface area contributed by atoms with Crippen LogP contribution in [-0.2, 0) is 6.54 Å². The summed E-state index contributed by atoms with van der Waals surface area (Å²) in [5.74, 6) is 0.154. The van der Waals surface area contributed by atoms with Crippen molar-refractivity contribution in [2.75, 3.05) is 0 Å². The number of halogens is 1. The minimum absolute atomic E-state index is 0.154. The van der Waals surface area contributed by atoms with E-state index in [1.807, 2.05) is 23.7 Å². The molecule has 0 N–H and O–H groups in total. The van der Waals surface area contributed by atoms with Gasteiger partial charge in [-0.3, -0.25) is 4.68 Å². The van der Waals surface area contributed by atoms with Crippen LogP contribution in [-0.4, -0.2) is 19.7 Å². The Bertz CT molecular complexity index is 699. The molecule has 2 heterocycles. The molecule has 3 rings (SSSR count). The lowest BCUT2D eigenvalue weighted by molar-refractivity contribution is 0.560. The predicted octanol–water partition coefficient (Wildman–Crippen LogP) is 3.84. The summed E-state index contributed by atoms with van der Waals surface area (Å²) in [6.07, 6.45) is 3.29. The number of thiazole rings is 1. The fourth-order valence-electron chi connectivity index (χ4n) is 2.18. The van der Waals surface area contributed by atoms with Crippen molar-refractivity contribution in [3.05, 3.63) is 63.1 Å². The number of hydrogen-bond acceptors (Lipinski definition) is 4. The summed E-state index contributed by atoms with van der Waals surface area (Å²) in [6, 6.07) is 7.93. The first-order valence-corrected chi connectivity index (χ1v) is 7.84. The van der Waals surface area contributed by atoms with Crippen molar-refractivity contribution < 1.29 is 0 Å². The predicted molar refractivity (Wildman–Crippen MR) is 84.9 cm³/mol. The van der Waals surface area contributed by atoms with Crippen molar-refractivity contribution in [2.45, 2.75) is 26.3 Å². The van der Waals surface area contributed by atoms with Gasteiger partial charge in [0.25, 0.3) is 0 Å². The minimum atomic E-state index is 0.154. The molecule has 0 aliphatic heterocycles. The molecule has 4 nitrogen and oxygen atoms in total. The molecule has 0 bridgehead atoms. The van der Waals surface area contributed by atoms with Gasteiger partial charge in [0.15, 0.2) is 0 Å². The number of benzene rings is 1. The van der Waals surface area contributed by atoms with Crippen LogP contribution < -0.4 is 0 Å². The normalized spacial score (nSPS) is 12.5. The van der Waals surface area contributed by atoms with Crippen molar-refractivity contribution in [2.24, 2.45) is 0 Å². The zero-order valence-electron chi connectivity index (χ0n) is 11.8. The molecule has 2 aromatic heterocycles. The molecule has 0 fully saturated rings. The topological polar surface area (TPSA) is 43.6 Å². The lowest BCUT2D eigenvalue weighted by Gasteiger charge is -2.15. The van der Waals surface area contributed by atoms with Gasteiger partial charge in [0.05, 0.1) is 18.2 Å². The summed E-state index contributed by atoms with van der Waals surface area (Å²) in [5.41, 5.74) is 2.27. The molecular weight excluding hydrogens is 304 g/mol. The molecular formula is C15H15ClN4S. The molecule has 0 amide bonds. The van der Waals surface area contributed by atoms with Crippen molar-refractivity contribution in [3.63, 3.8) is 0 Å². The van der Waals surface area contributed by atoms with E-state index in [0.717, 1.165) is 15.7 Å². The van der Waals surface area contributed by atoms with E-state index >= 15 is 0 Å². The van der Waals surface area contributed by atoms with Crippen molar-refractivity contribution >= 4 is 22.9 Å². The van der Waals surface area contributed by atoms with Crippen LogP contribution in [0.2, 0.25) is 5.02 Å². The highest BCUT2D eigenvalue weighted by Gasteiger charge is 2.20. The molecule has 6 heteroatoms. The maximum atomic E-state index is 5.99. The number of nitrogens with zero attached hydrogens (tertiary/aromatic N) is 4. The fraction of sp³-hybridized carbons (Fsp3) is 0.267. The van der Waals surface area contributed by atoms with Gasteiger partial charge in [-0.1, -0.05) is 23.7 Å². The summed E-state index contributed by atoms with van der Waals surface area (Å²) in [7, 11) is 0. The molecule has 1 unspecified atom stereocenters. The molecule has 0 aliphatic rings. The molecule has 21 heavy (non-hydrogen) atoms. The summed E-state index contributed by atoms with van der Waals surface area (Å²) in [6.45, 7) is 4.86. The minimum Gasteiger partial charge on any atom is -0.252 e. The molecule has 0 saturated heterocycles. The van der Waals surface area contributed by atoms with Gasteiger partial charge < -0.3 is 0 Å². The third-order valence-electron chi connectivity index (χ3n) is 3.45. The first kappa shape index (κ1) is 14.2. The van der Waals surface area contributed by atoms with E-state index in [-0.39, 0.29) is 5.92 Å². The van der Waals surface area contributed by atoms with Gasteiger partial charge in [0, 0.05) is 9.90 Å². The Balaban J connectivity index is 1.99. The van der Waals surface area contributed by atoms with Gasteiger partial charge in [-0.25, -0.2) is 9.97 Å².